The van der Waals surface area contributed by atoms with Crippen molar-refractivity contribution in [2.24, 2.45) is 0 Å². The standard InChI is InChI=1S/C21H25F3N4O2/c22-21(23,24)30-16-8-3-5-14(11-16)18-12-19(25-13-17-9-4-10-29-17)28-20(27-18)26-15-6-1-2-7-15/h3,5,8,11-12,15,17H,1-2,4,6-7,9-10,13H2,(H2,25,26,27,28)/t17-/m1/s1. The van der Waals surface area contributed by atoms with Gasteiger partial charge in [0.15, 0.2) is 0 Å². The molecule has 0 spiro atoms. The van der Waals surface area contributed by atoms with Crippen molar-refractivity contribution in [2.75, 3.05) is 23.8 Å². The molecule has 6 nitrogen and oxygen atoms in total. The molecule has 4 rings (SSSR count). The van der Waals surface area contributed by atoms with Gasteiger partial charge in [0, 0.05) is 30.8 Å². The summed E-state index contributed by atoms with van der Waals surface area (Å²) in [7, 11) is 0. The molecular formula is C21H25F3N4O2. The zero-order chi connectivity index (χ0) is 21.0. The predicted molar refractivity (Wildman–Crippen MR) is 107 cm³/mol. The van der Waals surface area contributed by atoms with Crippen molar-refractivity contribution in [3.8, 4) is 17.0 Å². The zero-order valence-electron chi connectivity index (χ0n) is 16.5. The molecular weight excluding hydrogens is 397 g/mol. The van der Waals surface area contributed by atoms with Crippen molar-refractivity contribution >= 4 is 11.8 Å². The molecule has 1 aliphatic carbocycles. The third-order valence-corrected chi connectivity index (χ3v) is 5.31. The van der Waals surface area contributed by atoms with Crippen LogP contribution in [0.3, 0.4) is 0 Å². The highest BCUT2D eigenvalue weighted by Crippen LogP contribution is 2.29. The molecule has 0 amide bonds. The fourth-order valence-corrected chi connectivity index (χ4v) is 3.88. The van der Waals surface area contributed by atoms with Crippen molar-refractivity contribution in [2.45, 2.75) is 57.0 Å². The Bertz CT molecular complexity index is 850. The summed E-state index contributed by atoms with van der Waals surface area (Å²) in [5.41, 5.74) is 1.04. The maximum absolute atomic E-state index is 12.6. The normalized spacial score (nSPS) is 19.8. The van der Waals surface area contributed by atoms with Crippen molar-refractivity contribution in [3.63, 3.8) is 0 Å². The lowest BCUT2D eigenvalue weighted by molar-refractivity contribution is -0.274. The largest absolute Gasteiger partial charge is 0.573 e. The number of alkyl halides is 3. The van der Waals surface area contributed by atoms with Crippen LogP contribution < -0.4 is 15.4 Å². The number of halogens is 3. The van der Waals surface area contributed by atoms with Gasteiger partial charge in [-0.1, -0.05) is 25.0 Å². The Morgan fingerprint density at radius 2 is 1.90 bits per heavy atom. The first-order chi connectivity index (χ1) is 14.4. The van der Waals surface area contributed by atoms with Gasteiger partial charge < -0.3 is 20.1 Å². The molecule has 0 radical (unpaired) electrons. The summed E-state index contributed by atoms with van der Waals surface area (Å²) in [6, 6.07) is 7.87. The quantitative estimate of drug-likeness (QED) is 0.655. The van der Waals surface area contributed by atoms with E-state index in [1.807, 2.05) is 0 Å². The third-order valence-electron chi connectivity index (χ3n) is 5.31. The summed E-state index contributed by atoms with van der Waals surface area (Å²) < 4.78 is 47.5. The van der Waals surface area contributed by atoms with Crippen molar-refractivity contribution in [3.05, 3.63) is 30.3 Å². The van der Waals surface area contributed by atoms with Gasteiger partial charge in [-0.05, 0) is 37.8 Å². The molecule has 2 N–H and O–H groups in total. The molecule has 1 atom stereocenters. The monoisotopic (exact) mass is 422 g/mol. The average Bonchev–Trinajstić information content (AvgIpc) is 3.39. The summed E-state index contributed by atoms with van der Waals surface area (Å²) in [4.78, 5) is 9.12. The fourth-order valence-electron chi connectivity index (χ4n) is 3.88. The summed E-state index contributed by atoms with van der Waals surface area (Å²) in [5.74, 6) is 0.798. The van der Waals surface area contributed by atoms with Crippen LogP contribution in [0.4, 0.5) is 24.9 Å². The van der Waals surface area contributed by atoms with Gasteiger partial charge in [0.05, 0.1) is 11.8 Å². The molecule has 0 bridgehead atoms. The Balaban J connectivity index is 1.58. The molecule has 2 heterocycles. The number of nitrogens with zero attached hydrogens (tertiary/aromatic N) is 2. The molecule has 1 aliphatic heterocycles. The number of rotatable bonds is 7. The van der Waals surface area contributed by atoms with Gasteiger partial charge in [-0.25, -0.2) is 4.98 Å². The van der Waals surface area contributed by atoms with Crippen LogP contribution in [0.1, 0.15) is 38.5 Å². The highest BCUT2D eigenvalue weighted by Gasteiger charge is 2.31. The van der Waals surface area contributed by atoms with E-state index in [1.54, 1.807) is 12.1 Å². The number of benzene rings is 1. The Morgan fingerprint density at radius 1 is 1.07 bits per heavy atom. The molecule has 162 valence electrons. The van der Waals surface area contributed by atoms with Gasteiger partial charge in [0.25, 0.3) is 0 Å². The Hall–Kier alpha value is -2.55. The van der Waals surface area contributed by atoms with Crippen molar-refractivity contribution in [1.29, 1.82) is 0 Å². The second kappa shape index (κ2) is 9.07. The maximum Gasteiger partial charge on any atom is 0.573 e. The van der Waals surface area contributed by atoms with Gasteiger partial charge in [0.1, 0.15) is 11.6 Å². The van der Waals surface area contributed by atoms with E-state index < -0.39 is 6.36 Å². The van der Waals surface area contributed by atoms with Crippen LogP contribution >= 0.6 is 0 Å². The number of anilines is 2. The molecule has 1 saturated heterocycles. The topological polar surface area (TPSA) is 68.3 Å². The molecule has 9 heteroatoms. The Morgan fingerprint density at radius 3 is 2.63 bits per heavy atom. The molecule has 1 aromatic heterocycles. The van der Waals surface area contributed by atoms with Crippen LogP contribution in [0.2, 0.25) is 0 Å². The highest BCUT2D eigenvalue weighted by molar-refractivity contribution is 5.66. The first kappa shape index (κ1) is 20.7. The maximum atomic E-state index is 12.6. The van der Waals surface area contributed by atoms with E-state index in [0.717, 1.165) is 45.1 Å². The van der Waals surface area contributed by atoms with Crippen LogP contribution in [0.5, 0.6) is 5.75 Å². The van der Waals surface area contributed by atoms with Crippen LogP contribution in [0.25, 0.3) is 11.3 Å². The van der Waals surface area contributed by atoms with Crippen molar-refractivity contribution < 1.29 is 22.6 Å². The van der Waals surface area contributed by atoms with E-state index in [9.17, 15) is 13.2 Å². The Kier molecular flexibility index (Phi) is 6.26. The molecule has 2 aliphatic rings. The van der Waals surface area contributed by atoms with Gasteiger partial charge in [-0.2, -0.15) is 4.98 Å². The number of nitrogens with one attached hydrogen (secondary N) is 2. The molecule has 2 aromatic rings. The third kappa shape index (κ3) is 5.75. The van der Waals surface area contributed by atoms with Crippen LogP contribution in [0.15, 0.2) is 30.3 Å². The first-order valence-electron chi connectivity index (χ1n) is 10.3. The summed E-state index contributed by atoms with van der Waals surface area (Å²) >= 11 is 0. The minimum Gasteiger partial charge on any atom is -0.406 e. The SMILES string of the molecule is FC(F)(F)Oc1cccc(-c2cc(NC[C@H]3CCCO3)nc(NC3CCCC3)n2)c1. The van der Waals surface area contributed by atoms with Gasteiger partial charge in [-0.15, -0.1) is 13.2 Å². The first-order valence-corrected chi connectivity index (χ1v) is 10.3. The number of hydrogen-bond acceptors (Lipinski definition) is 6. The Labute approximate surface area is 173 Å². The van der Waals surface area contributed by atoms with Crippen LogP contribution in [-0.4, -0.2) is 41.6 Å². The van der Waals surface area contributed by atoms with E-state index in [1.165, 1.54) is 18.2 Å². The highest BCUT2D eigenvalue weighted by atomic mass is 19.4. The molecule has 0 unspecified atom stereocenters. The summed E-state index contributed by atoms with van der Waals surface area (Å²) in [6.07, 6.45) is 1.88. The summed E-state index contributed by atoms with van der Waals surface area (Å²) in [5, 5.41) is 6.66. The number of ether oxygens (including phenoxy) is 2. The lowest BCUT2D eigenvalue weighted by atomic mass is 10.1. The van der Waals surface area contributed by atoms with Gasteiger partial charge in [0.2, 0.25) is 5.95 Å². The van der Waals surface area contributed by atoms with E-state index >= 15 is 0 Å². The van der Waals surface area contributed by atoms with E-state index in [0.29, 0.717) is 35.6 Å². The van der Waals surface area contributed by atoms with Crippen molar-refractivity contribution in [1.82, 2.24) is 9.97 Å². The summed E-state index contributed by atoms with van der Waals surface area (Å²) in [6.45, 7) is 1.39. The lowest BCUT2D eigenvalue weighted by Gasteiger charge is -2.16. The smallest absolute Gasteiger partial charge is 0.406 e. The van der Waals surface area contributed by atoms with Crippen LogP contribution in [0, 0.1) is 0 Å². The molecule has 2 fully saturated rings. The van der Waals surface area contributed by atoms with Crippen LogP contribution in [-0.2, 0) is 4.74 Å². The molecule has 1 saturated carbocycles. The number of hydrogen-bond donors (Lipinski definition) is 2. The minimum absolute atomic E-state index is 0.137. The fraction of sp³-hybridized carbons (Fsp3) is 0.524. The average molecular weight is 422 g/mol. The van der Waals surface area contributed by atoms with E-state index in [-0.39, 0.29) is 11.9 Å². The van der Waals surface area contributed by atoms with Gasteiger partial charge in [-0.3, -0.25) is 0 Å². The number of aromatic nitrogens is 2. The van der Waals surface area contributed by atoms with Gasteiger partial charge >= 0.3 is 6.36 Å². The van der Waals surface area contributed by atoms with E-state index in [4.69, 9.17) is 4.74 Å². The zero-order valence-corrected chi connectivity index (χ0v) is 16.5. The minimum atomic E-state index is -4.74. The molecule has 1 aromatic carbocycles. The van der Waals surface area contributed by atoms with E-state index in [2.05, 4.69) is 25.3 Å². The lowest BCUT2D eigenvalue weighted by Crippen LogP contribution is -2.21. The second-order valence-corrected chi connectivity index (χ2v) is 7.68. The molecule has 30 heavy (non-hydrogen) atoms. The predicted octanol–water partition coefficient (Wildman–Crippen LogP) is 4.99. The second-order valence-electron chi connectivity index (χ2n) is 7.68.